The molecule has 16 rings (SSSR count). The van der Waals surface area contributed by atoms with Crippen molar-refractivity contribution in [2.24, 2.45) is 0 Å². The molecule has 0 unspecified atom stereocenters. The number of morpholine rings is 3. The van der Waals surface area contributed by atoms with Gasteiger partial charge in [-0.15, -0.1) is 0 Å². The monoisotopic (exact) mass is 1690 g/mol. The van der Waals surface area contributed by atoms with E-state index in [1.165, 1.54) is 32.6 Å². The van der Waals surface area contributed by atoms with Crippen LogP contribution in [-0.4, -0.2) is 169 Å². The Bertz CT molecular complexity index is 5600. The summed E-state index contributed by atoms with van der Waals surface area (Å²) in [4.78, 5) is 60.4. The molecule has 562 valence electrons. The number of ether oxygens (including phenoxy) is 4. The van der Waals surface area contributed by atoms with Crippen LogP contribution in [0.1, 0.15) is 57.9 Å². The number of aromatic amines is 1. The zero-order chi connectivity index (χ0) is 72.6. The molecular weight excluding hydrogens is 1610 g/mol. The second-order valence-electron chi connectivity index (χ2n) is 25.6. The fraction of sp³-hybridized carbons (Fsp3) is 0.282. The Labute approximate surface area is 647 Å². The van der Waals surface area contributed by atoms with Gasteiger partial charge in [0.1, 0.15) is 28.3 Å². The minimum absolute atomic E-state index is 0. The number of H-pyrrole nitrogens is 1. The molecule has 2 aromatic carbocycles. The maximum atomic E-state index is 13.8. The molecule has 3 aliphatic rings. The van der Waals surface area contributed by atoms with Crippen LogP contribution in [-0.2, 0) is 55.3 Å². The average Bonchev–Trinajstić information content (AvgIpc) is 1.58. The molecule has 3 saturated heterocycles. The molecule has 3 fully saturated rings. The van der Waals surface area contributed by atoms with E-state index in [4.69, 9.17) is 55.5 Å². The van der Waals surface area contributed by atoms with E-state index in [0.717, 1.165) is 56.9 Å². The summed E-state index contributed by atoms with van der Waals surface area (Å²) in [5.74, 6) is 3.76. The van der Waals surface area contributed by atoms with Gasteiger partial charge in [0.2, 0.25) is 11.8 Å². The van der Waals surface area contributed by atoms with Crippen LogP contribution < -0.4 is 19.4 Å². The van der Waals surface area contributed by atoms with Gasteiger partial charge in [-0.1, -0.05) is 61.8 Å². The number of hydrogen-bond donors (Lipinski definition) is 1. The van der Waals surface area contributed by atoms with Crippen molar-refractivity contribution in [3.63, 3.8) is 0 Å². The number of aromatic nitrogens is 14. The molecule has 0 radical (unpaired) electrons. The van der Waals surface area contributed by atoms with Crippen molar-refractivity contribution in [1.29, 1.82) is 0 Å². The summed E-state index contributed by atoms with van der Waals surface area (Å²) in [5, 5.41) is 2.51. The average molecular weight is 1690 g/mol. The fourth-order valence-corrected chi connectivity index (χ4v) is 15.6. The molecule has 0 spiro atoms. The zero-order valence-electron chi connectivity index (χ0n) is 59.6. The zero-order valence-corrected chi connectivity index (χ0v) is 64.9. The van der Waals surface area contributed by atoms with Crippen LogP contribution in [0.3, 0.4) is 0 Å². The number of fused-ring (bicyclic) bond motifs is 3. The number of nitrogens with zero attached hydrogens (tertiary/aromatic N) is 16. The van der Waals surface area contributed by atoms with Crippen LogP contribution in [0.5, 0.6) is 5.88 Å². The molecule has 30 heteroatoms. The van der Waals surface area contributed by atoms with E-state index >= 15 is 0 Å². The van der Waals surface area contributed by atoms with Gasteiger partial charge < -0.3 is 46.1 Å². The van der Waals surface area contributed by atoms with E-state index in [-0.39, 0.29) is 76.9 Å². The third-order valence-electron chi connectivity index (χ3n) is 18.5. The van der Waals surface area contributed by atoms with E-state index in [9.17, 15) is 21.2 Å². The Morgan fingerprint density at radius 3 is 1.35 bits per heavy atom. The Kier molecular flexibility index (Phi) is 25.4. The number of pyridine rings is 5. The number of methoxy groups -OCH3 is 1. The minimum atomic E-state index is -3.88. The first-order chi connectivity index (χ1) is 50.2. The normalized spacial score (nSPS) is 15.9. The maximum Gasteiger partial charge on any atom is 0.269 e. The molecule has 11 aromatic heterocycles. The molecule has 25 nitrogen and oxygen atoms in total. The predicted molar refractivity (Wildman–Crippen MR) is 416 cm³/mol. The van der Waals surface area contributed by atoms with Gasteiger partial charge in [-0.3, -0.25) is 0 Å². The van der Waals surface area contributed by atoms with Gasteiger partial charge in [-0.25, -0.2) is 79.6 Å². The van der Waals surface area contributed by atoms with Crippen LogP contribution in [0.15, 0.2) is 175 Å². The number of hydrogen-bond acceptors (Lipinski definition) is 22. The second-order valence-corrected chi connectivity index (χ2v) is 29.6. The van der Waals surface area contributed by atoms with Crippen LogP contribution in [0.2, 0.25) is 5.15 Å². The topological polar surface area (TPSA) is 282 Å². The van der Waals surface area contributed by atoms with Gasteiger partial charge in [-0.05, 0) is 126 Å². The Hall–Kier alpha value is -10.1. The van der Waals surface area contributed by atoms with Gasteiger partial charge in [-0.2, -0.15) is 4.39 Å². The Balaban J connectivity index is 0.000000171. The molecule has 3 atom stereocenters. The first-order valence-electron chi connectivity index (χ1n) is 33.7. The van der Waals surface area contributed by atoms with Crippen molar-refractivity contribution in [1.82, 2.24) is 67.8 Å². The first kappa shape index (κ1) is 80.5. The molecule has 13 aromatic rings. The fourth-order valence-electron chi connectivity index (χ4n) is 12.9. The van der Waals surface area contributed by atoms with E-state index in [1.54, 1.807) is 111 Å². The molecule has 1 N–H and O–H groups in total. The van der Waals surface area contributed by atoms with E-state index in [1.807, 2.05) is 63.5 Å². The second kappa shape index (κ2) is 34.0. The predicted octanol–water partition coefficient (Wildman–Crippen LogP) is 14.0. The van der Waals surface area contributed by atoms with Crippen molar-refractivity contribution in [3.8, 4) is 62.6 Å². The molecule has 3 aliphatic heterocycles. The summed E-state index contributed by atoms with van der Waals surface area (Å²) < 4.78 is 91.8. The summed E-state index contributed by atoms with van der Waals surface area (Å²) in [7, 11) is -6.08. The molecule has 14 heterocycles. The van der Waals surface area contributed by atoms with Crippen LogP contribution in [0.4, 0.5) is 21.8 Å². The number of halogens is 2. The van der Waals surface area contributed by atoms with Crippen molar-refractivity contribution in [2.75, 3.05) is 81.1 Å². The largest absolute Gasteiger partial charge is 0.481 e. The molecule has 0 aliphatic carbocycles. The number of rotatable bonds is 13. The molecule has 0 amide bonds. The summed E-state index contributed by atoms with van der Waals surface area (Å²) in [5.41, 5.74) is 10.3. The van der Waals surface area contributed by atoms with Gasteiger partial charge in [0.25, 0.3) is 20.0 Å². The number of anilines is 3. The van der Waals surface area contributed by atoms with Crippen molar-refractivity contribution < 1.29 is 61.2 Å². The number of nitrogens with one attached hydrogen (secondary N) is 1. The first-order valence-corrected chi connectivity index (χ1v) is 37.0. The SMILES string of the molecule is C.C.COc1cc(C)c(-c2cc(N3CCOC[C@H]3C)nc(-c3ccnc4[nH]ccc34)n2)cn1.Cc1ccc(S(=O)(=O)n2ccc3c(-c4nc(-c5cnc(F)cc5C)cc(N5CCOC[C@H]5C)n4)ccnc32)cc1.Cc1ccc(S(=O)(=O)n2ccc3c(-c4nc(Cl)cc(N5CCOC[C@H]5C)n4)ccnc32)cc1.[CH3-].[W]. The third kappa shape index (κ3) is 16.5. The standard InChI is InChI=1S/C29H27FN6O3S.C23H22ClN5O3S.C23H24N6O2.2CH4.CH3.W/c1-18-4-6-21(7-5-18)40(37,38)36-11-9-23-22(8-10-31-29(23)36)28-33-25(24-16-32-26(30)14-19(24)2)15-27(34-28)35-12-13-39-17-20(35)3;1-15-3-5-17(6-4-15)33(30,31)29-10-8-19-18(7-9-25-23(19)29)22-26-20(24)13-21(27-22)28-11-12-32-14-16(28)2;1-14-10-21(30-3)26-12-18(14)19-11-20(29-8-9-31-13-15(29)2)28-23(27-19)17-5-7-25-22-16(17)4-6-24-22;;;;/h4-11,14-16,20H,12-13,17H2,1-3H3;3-10,13,16H,11-12,14H2,1-2H3;4-7,10-12,15H,8-9,13H2,1-3H3,(H,24,25);2*1H4;1H3;/q;;;;;-1;/t20-;16-;15-;;;;/m111..../s1. The van der Waals surface area contributed by atoms with Crippen molar-refractivity contribution >= 4 is 82.2 Å². The molecule has 108 heavy (non-hydrogen) atoms. The maximum absolute atomic E-state index is 13.8. The van der Waals surface area contributed by atoms with Gasteiger partial charge >= 0.3 is 0 Å². The van der Waals surface area contributed by atoms with Gasteiger partial charge in [0.05, 0.1) is 86.1 Å². The number of benzene rings is 2. The van der Waals surface area contributed by atoms with Crippen molar-refractivity contribution in [3.05, 3.63) is 206 Å². The quantitative estimate of drug-likeness (QED) is 0.0637. The van der Waals surface area contributed by atoms with E-state index in [0.29, 0.717) is 137 Å². The Morgan fingerprint density at radius 1 is 0.500 bits per heavy atom. The van der Waals surface area contributed by atoms with E-state index < -0.39 is 26.0 Å². The summed E-state index contributed by atoms with van der Waals surface area (Å²) in [6.45, 7) is 19.8. The van der Waals surface area contributed by atoms with Crippen LogP contribution >= 0.6 is 11.6 Å². The number of aryl methyl sites for hydroxylation is 4. The van der Waals surface area contributed by atoms with Crippen molar-refractivity contribution in [2.45, 2.75) is 91.2 Å². The molecular formula is C78H84ClFN17O8S2W-. The van der Waals surface area contributed by atoms with Gasteiger partial charge in [0, 0.05) is 159 Å². The summed E-state index contributed by atoms with van der Waals surface area (Å²) in [6, 6.07) is 33.7. The third-order valence-corrected chi connectivity index (χ3v) is 22.0. The summed E-state index contributed by atoms with van der Waals surface area (Å²) in [6.07, 6.45) is 13.1. The van der Waals surface area contributed by atoms with Crippen LogP contribution in [0, 0.1) is 41.1 Å². The summed E-state index contributed by atoms with van der Waals surface area (Å²) >= 11 is 6.36. The Morgan fingerprint density at radius 2 is 0.917 bits per heavy atom. The minimum Gasteiger partial charge on any atom is -0.481 e. The molecule has 0 bridgehead atoms. The van der Waals surface area contributed by atoms with E-state index in [2.05, 4.69) is 70.4 Å². The smallest absolute Gasteiger partial charge is 0.269 e. The van der Waals surface area contributed by atoms with Crippen LogP contribution in [0.25, 0.3) is 89.8 Å². The molecule has 0 saturated carbocycles. The van der Waals surface area contributed by atoms with Gasteiger partial charge in [0.15, 0.2) is 28.8 Å².